The van der Waals surface area contributed by atoms with Crippen LogP contribution < -0.4 is 4.90 Å². The number of imidazole rings is 1. The lowest BCUT2D eigenvalue weighted by atomic mass is 10.2. The Kier molecular flexibility index (Phi) is 5.30. The summed E-state index contributed by atoms with van der Waals surface area (Å²) in [5.74, 6) is -0.301. The number of carbonyl (C=O) groups excluding carboxylic acids is 2. The van der Waals surface area contributed by atoms with Gasteiger partial charge in [-0.1, -0.05) is 54.6 Å². The summed E-state index contributed by atoms with van der Waals surface area (Å²) in [6.07, 6.45) is 1.76. The second-order valence-electron chi connectivity index (χ2n) is 7.09. The first-order chi connectivity index (χ1) is 14.6. The van der Waals surface area contributed by atoms with Crippen LogP contribution in [-0.4, -0.2) is 40.2 Å². The van der Waals surface area contributed by atoms with E-state index in [1.54, 1.807) is 35.7 Å². The predicted molar refractivity (Wildman–Crippen MR) is 117 cm³/mol. The highest BCUT2D eigenvalue weighted by atomic mass is 16.2. The summed E-state index contributed by atoms with van der Waals surface area (Å²) in [4.78, 5) is 34.0. The quantitative estimate of drug-likeness (QED) is 0.513. The Morgan fingerprint density at radius 1 is 0.833 bits per heavy atom. The van der Waals surface area contributed by atoms with Gasteiger partial charge in [0.25, 0.3) is 11.8 Å². The molecule has 150 valence electrons. The fourth-order valence-corrected chi connectivity index (χ4v) is 3.37. The minimum absolute atomic E-state index is 0.217. The van der Waals surface area contributed by atoms with Gasteiger partial charge in [0.1, 0.15) is 0 Å². The summed E-state index contributed by atoms with van der Waals surface area (Å²) in [7, 11) is 3.44. The lowest BCUT2D eigenvalue weighted by molar-refractivity contribution is 0.0772. The second-order valence-corrected chi connectivity index (χ2v) is 7.09. The number of rotatable bonds is 5. The van der Waals surface area contributed by atoms with E-state index in [0.717, 1.165) is 11.3 Å². The molecule has 2 aromatic carbocycles. The van der Waals surface area contributed by atoms with Crippen molar-refractivity contribution in [3.8, 4) is 0 Å². The Hall–Kier alpha value is -3.93. The summed E-state index contributed by atoms with van der Waals surface area (Å²) < 4.78 is 1.68. The Morgan fingerprint density at radius 2 is 1.47 bits per heavy atom. The van der Waals surface area contributed by atoms with Gasteiger partial charge >= 0.3 is 0 Å². The highest BCUT2D eigenvalue weighted by molar-refractivity contribution is 6.10. The van der Waals surface area contributed by atoms with Crippen molar-refractivity contribution in [3.05, 3.63) is 102 Å². The molecule has 0 saturated carbocycles. The zero-order valence-electron chi connectivity index (χ0n) is 16.9. The van der Waals surface area contributed by atoms with E-state index in [0.29, 0.717) is 12.1 Å². The van der Waals surface area contributed by atoms with Gasteiger partial charge in [-0.2, -0.15) is 0 Å². The van der Waals surface area contributed by atoms with E-state index < -0.39 is 0 Å². The third-order valence-electron chi connectivity index (χ3n) is 5.00. The zero-order valence-corrected chi connectivity index (χ0v) is 16.9. The molecule has 0 unspecified atom stereocenters. The van der Waals surface area contributed by atoms with Crippen molar-refractivity contribution in [3.63, 3.8) is 0 Å². The average Bonchev–Trinajstić information content (AvgIpc) is 3.18. The number of amides is 2. The molecule has 4 rings (SSSR count). The molecule has 6 heteroatoms. The first-order valence-electron chi connectivity index (χ1n) is 9.66. The van der Waals surface area contributed by atoms with E-state index >= 15 is 0 Å². The third-order valence-corrected chi connectivity index (χ3v) is 5.00. The van der Waals surface area contributed by atoms with Crippen LogP contribution >= 0.6 is 0 Å². The van der Waals surface area contributed by atoms with Crippen LogP contribution in [0, 0.1) is 0 Å². The molecule has 0 fully saturated rings. The summed E-state index contributed by atoms with van der Waals surface area (Å²) in [6.45, 7) is 0.453. The fourth-order valence-electron chi connectivity index (χ4n) is 3.37. The van der Waals surface area contributed by atoms with Crippen molar-refractivity contribution in [2.45, 2.75) is 6.54 Å². The maximum atomic E-state index is 13.2. The highest BCUT2D eigenvalue weighted by Gasteiger charge is 2.25. The largest absolute Gasteiger partial charge is 0.335 e. The first-order valence-corrected chi connectivity index (χ1v) is 9.66. The molecule has 0 spiro atoms. The molecule has 2 amide bonds. The maximum absolute atomic E-state index is 13.2. The van der Waals surface area contributed by atoms with E-state index in [-0.39, 0.29) is 23.3 Å². The standard InChI is InChI=1S/C24H22N4O2/c1-26(17-18-11-5-3-6-12-18)24(30)22-25-21(20-15-9-10-16-28(20)22)23(29)27(2)19-13-7-4-8-14-19/h3-16H,17H2,1-2H3. The number of anilines is 1. The van der Waals surface area contributed by atoms with E-state index in [1.165, 1.54) is 4.90 Å². The van der Waals surface area contributed by atoms with Gasteiger partial charge in [-0.15, -0.1) is 0 Å². The van der Waals surface area contributed by atoms with Crippen molar-refractivity contribution in [1.82, 2.24) is 14.3 Å². The number of para-hydroxylation sites is 1. The predicted octanol–water partition coefficient (Wildman–Crippen LogP) is 3.88. The Labute approximate surface area is 175 Å². The normalized spacial score (nSPS) is 10.7. The summed E-state index contributed by atoms with van der Waals surface area (Å²) >= 11 is 0. The van der Waals surface area contributed by atoms with Crippen LogP contribution in [0.3, 0.4) is 0 Å². The molecule has 0 saturated heterocycles. The van der Waals surface area contributed by atoms with Crippen LogP contribution in [0.4, 0.5) is 5.69 Å². The van der Waals surface area contributed by atoms with Crippen LogP contribution in [0.25, 0.3) is 5.52 Å². The minimum Gasteiger partial charge on any atom is -0.335 e. The molecule has 2 aromatic heterocycles. The molecule has 2 heterocycles. The molecule has 6 nitrogen and oxygen atoms in total. The van der Waals surface area contributed by atoms with E-state index in [9.17, 15) is 9.59 Å². The summed E-state index contributed by atoms with van der Waals surface area (Å²) in [5, 5.41) is 0. The molecule has 0 bridgehead atoms. The highest BCUT2D eigenvalue weighted by Crippen LogP contribution is 2.20. The lowest BCUT2D eigenvalue weighted by Crippen LogP contribution is -2.28. The van der Waals surface area contributed by atoms with Gasteiger partial charge in [0.05, 0.1) is 5.52 Å². The van der Waals surface area contributed by atoms with Gasteiger partial charge in [-0.25, -0.2) is 4.98 Å². The Morgan fingerprint density at radius 3 is 2.17 bits per heavy atom. The number of fused-ring (bicyclic) bond motifs is 1. The summed E-state index contributed by atoms with van der Waals surface area (Å²) in [6, 6.07) is 24.6. The van der Waals surface area contributed by atoms with Crippen LogP contribution in [0.15, 0.2) is 85.1 Å². The molecule has 0 aliphatic rings. The van der Waals surface area contributed by atoms with Gasteiger partial charge in [-0.05, 0) is 29.8 Å². The van der Waals surface area contributed by atoms with Crippen molar-refractivity contribution >= 4 is 23.0 Å². The first kappa shape index (κ1) is 19.4. The Bertz CT molecular complexity index is 1190. The molecular weight excluding hydrogens is 376 g/mol. The topological polar surface area (TPSA) is 57.9 Å². The van der Waals surface area contributed by atoms with Crippen LogP contribution in [0.1, 0.15) is 26.7 Å². The third kappa shape index (κ3) is 3.67. The fraction of sp³-hybridized carbons (Fsp3) is 0.125. The van der Waals surface area contributed by atoms with Crippen molar-refractivity contribution < 1.29 is 9.59 Å². The van der Waals surface area contributed by atoms with E-state index in [4.69, 9.17) is 0 Å². The smallest absolute Gasteiger partial charge is 0.290 e. The number of hydrogen-bond donors (Lipinski definition) is 0. The van der Waals surface area contributed by atoms with Crippen molar-refractivity contribution in [2.75, 3.05) is 19.0 Å². The minimum atomic E-state index is -0.269. The molecule has 0 radical (unpaired) electrons. The SMILES string of the molecule is CN(Cc1ccccc1)C(=O)c1nc(C(=O)N(C)c2ccccc2)c2ccccn12. The van der Waals surface area contributed by atoms with E-state index in [1.807, 2.05) is 72.8 Å². The molecule has 0 aliphatic carbocycles. The number of hydrogen-bond acceptors (Lipinski definition) is 3. The number of nitrogens with zero attached hydrogens (tertiary/aromatic N) is 4. The van der Waals surface area contributed by atoms with Gasteiger partial charge in [0, 0.05) is 32.5 Å². The molecule has 0 N–H and O–H groups in total. The number of pyridine rings is 1. The number of carbonyl (C=O) groups is 2. The van der Waals surface area contributed by atoms with Gasteiger partial charge in [0.2, 0.25) is 5.82 Å². The molecule has 30 heavy (non-hydrogen) atoms. The maximum Gasteiger partial charge on any atom is 0.290 e. The lowest BCUT2D eigenvalue weighted by Gasteiger charge is -2.16. The summed E-state index contributed by atoms with van der Waals surface area (Å²) in [5.41, 5.74) is 2.63. The van der Waals surface area contributed by atoms with Crippen LogP contribution in [-0.2, 0) is 6.54 Å². The van der Waals surface area contributed by atoms with Gasteiger partial charge in [-0.3, -0.25) is 14.0 Å². The number of benzene rings is 2. The average molecular weight is 398 g/mol. The van der Waals surface area contributed by atoms with Crippen LogP contribution in [0.5, 0.6) is 0 Å². The monoisotopic (exact) mass is 398 g/mol. The van der Waals surface area contributed by atoms with Gasteiger partial charge in [0.15, 0.2) is 5.69 Å². The second kappa shape index (κ2) is 8.21. The van der Waals surface area contributed by atoms with Crippen molar-refractivity contribution in [1.29, 1.82) is 0 Å². The molecular formula is C24H22N4O2. The van der Waals surface area contributed by atoms with Crippen LogP contribution in [0.2, 0.25) is 0 Å². The zero-order chi connectivity index (χ0) is 21.1. The van der Waals surface area contributed by atoms with Crippen molar-refractivity contribution in [2.24, 2.45) is 0 Å². The molecule has 4 aromatic rings. The molecule has 0 atom stereocenters. The number of aromatic nitrogens is 2. The molecule has 0 aliphatic heterocycles. The Balaban J connectivity index is 1.68. The van der Waals surface area contributed by atoms with Gasteiger partial charge < -0.3 is 9.80 Å². The van der Waals surface area contributed by atoms with E-state index in [2.05, 4.69) is 4.98 Å².